The molecule has 1 atom stereocenters. The highest BCUT2D eigenvalue weighted by molar-refractivity contribution is 5.44. The molecule has 1 aromatic rings. The van der Waals surface area contributed by atoms with Crippen molar-refractivity contribution in [2.45, 2.75) is 46.1 Å². The highest BCUT2D eigenvalue weighted by Gasteiger charge is 2.23. The summed E-state index contributed by atoms with van der Waals surface area (Å²) in [6.07, 6.45) is 2.95. The number of ether oxygens (including phenoxy) is 1. The topological polar surface area (TPSA) is 29.5 Å². The summed E-state index contributed by atoms with van der Waals surface area (Å²) in [6, 6.07) is 4.27. The zero-order valence-electron chi connectivity index (χ0n) is 11.0. The smallest absolute Gasteiger partial charge is 0.125 e. The summed E-state index contributed by atoms with van der Waals surface area (Å²) >= 11 is 0. The lowest BCUT2D eigenvalue weighted by Gasteiger charge is -2.16. The van der Waals surface area contributed by atoms with E-state index in [0.717, 1.165) is 23.8 Å². The predicted molar refractivity (Wildman–Crippen MR) is 69.5 cm³/mol. The molecule has 0 aromatic heterocycles. The summed E-state index contributed by atoms with van der Waals surface area (Å²) in [5.74, 6) is 1.75. The Morgan fingerprint density at radius 3 is 2.65 bits per heavy atom. The average Bonchev–Trinajstić information content (AvgIpc) is 2.98. The van der Waals surface area contributed by atoms with Crippen LogP contribution in [0.1, 0.15) is 36.5 Å². The molecular formula is C15H22O2. The van der Waals surface area contributed by atoms with E-state index in [-0.39, 0.29) is 6.10 Å². The van der Waals surface area contributed by atoms with Gasteiger partial charge in [0.1, 0.15) is 5.75 Å². The molecule has 1 unspecified atom stereocenters. The number of hydrogen-bond acceptors (Lipinski definition) is 2. The van der Waals surface area contributed by atoms with Crippen molar-refractivity contribution in [2.75, 3.05) is 6.61 Å². The van der Waals surface area contributed by atoms with E-state index in [4.69, 9.17) is 4.74 Å². The minimum absolute atomic E-state index is 0.320. The number of aliphatic hydroxyl groups is 1. The van der Waals surface area contributed by atoms with E-state index >= 15 is 0 Å². The molecule has 0 aliphatic heterocycles. The van der Waals surface area contributed by atoms with Gasteiger partial charge in [-0.15, -0.1) is 0 Å². The normalized spacial score (nSPS) is 16.9. The second-order valence-corrected chi connectivity index (χ2v) is 5.38. The molecule has 0 radical (unpaired) electrons. The molecule has 2 heteroatoms. The fourth-order valence-corrected chi connectivity index (χ4v) is 2.20. The molecule has 2 nitrogen and oxygen atoms in total. The van der Waals surface area contributed by atoms with Crippen molar-refractivity contribution in [1.82, 2.24) is 0 Å². The minimum atomic E-state index is -0.320. The third kappa shape index (κ3) is 3.47. The van der Waals surface area contributed by atoms with Crippen molar-refractivity contribution in [3.05, 3.63) is 28.8 Å². The van der Waals surface area contributed by atoms with Gasteiger partial charge < -0.3 is 9.84 Å². The second kappa shape index (κ2) is 5.09. The fourth-order valence-electron chi connectivity index (χ4n) is 2.20. The SMILES string of the molecule is Cc1cc(C)c(OCC2CC2)c(CC(C)O)c1. The summed E-state index contributed by atoms with van der Waals surface area (Å²) in [6.45, 7) is 6.82. The van der Waals surface area contributed by atoms with Crippen molar-refractivity contribution in [1.29, 1.82) is 0 Å². The Morgan fingerprint density at radius 1 is 1.35 bits per heavy atom. The van der Waals surface area contributed by atoms with Crippen LogP contribution in [-0.4, -0.2) is 17.8 Å². The molecule has 2 rings (SSSR count). The van der Waals surface area contributed by atoms with Crippen LogP contribution in [0.25, 0.3) is 0 Å². The average molecular weight is 234 g/mol. The van der Waals surface area contributed by atoms with Crippen molar-refractivity contribution >= 4 is 0 Å². The molecule has 1 aromatic carbocycles. The second-order valence-electron chi connectivity index (χ2n) is 5.38. The Kier molecular flexibility index (Phi) is 3.72. The molecule has 0 amide bonds. The van der Waals surface area contributed by atoms with Crippen LogP contribution in [0.4, 0.5) is 0 Å². The Balaban J connectivity index is 2.18. The van der Waals surface area contributed by atoms with Crippen molar-refractivity contribution in [2.24, 2.45) is 5.92 Å². The number of benzene rings is 1. The monoisotopic (exact) mass is 234 g/mol. The van der Waals surface area contributed by atoms with Gasteiger partial charge in [0, 0.05) is 6.42 Å². The standard InChI is InChI=1S/C15H22O2/c1-10-6-11(2)15(17-9-13-4-5-13)14(7-10)8-12(3)16/h6-7,12-13,16H,4-5,8-9H2,1-3H3. The zero-order valence-corrected chi connectivity index (χ0v) is 11.0. The summed E-state index contributed by atoms with van der Waals surface area (Å²) in [4.78, 5) is 0. The maximum Gasteiger partial charge on any atom is 0.125 e. The van der Waals surface area contributed by atoms with E-state index < -0.39 is 0 Å². The molecule has 0 spiro atoms. The van der Waals surface area contributed by atoms with Crippen LogP contribution in [0.2, 0.25) is 0 Å². The molecule has 17 heavy (non-hydrogen) atoms. The van der Waals surface area contributed by atoms with Crippen LogP contribution < -0.4 is 4.74 Å². The van der Waals surface area contributed by atoms with E-state index in [2.05, 4.69) is 26.0 Å². The molecule has 94 valence electrons. The minimum Gasteiger partial charge on any atom is -0.493 e. The third-order valence-electron chi connectivity index (χ3n) is 3.17. The first kappa shape index (κ1) is 12.4. The molecule has 0 bridgehead atoms. The van der Waals surface area contributed by atoms with E-state index in [9.17, 15) is 5.11 Å². The van der Waals surface area contributed by atoms with Crippen LogP contribution in [-0.2, 0) is 6.42 Å². The quantitative estimate of drug-likeness (QED) is 0.848. The van der Waals surface area contributed by atoms with E-state index in [0.29, 0.717) is 6.42 Å². The third-order valence-corrected chi connectivity index (χ3v) is 3.17. The van der Waals surface area contributed by atoms with Crippen molar-refractivity contribution < 1.29 is 9.84 Å². The molecule has 1 N–H and O–H groups in total. The lowest BCUT2D eigenvalue weighted by molar-refractivity contribution is 0.193. The molecule has 1 saturated carbocycles. The Hall–Kier alpha value is -1.02. The van der Waals surface area contributed by atoms with Gasteiger partial charge in [-0.05, 0) is 50.7 Å². The lowest BCUT2D eigenvalue weighted by atomic mass is 10.0. The molecular weight excluding hydrogens is 212 g/mol. The Morgan fingerprint density at radius 2 is 2.06 bits per heavy atom. The largest absolute Gasteiger partial charge is 0.493 e. The van der Waals surface area contributed by atoms with Crippen molar-refractivity contribution in [3.8, 4) is 5.75 Å². The Bertz CT molecular complexity index is 392. The lowest BCUT2D eigenvalue weighted by Crippen LogP contribution is -2.09. The highest BCUT2D eigenvalue weighted by atomic mass is 16.5. The van der Waals surface area contributed by atoms with Crippen LogP contribution in [0.15, 0.2) is 12.1 Å². The zero-order chi connectivity index (χ0) is 12.4. The van der Waals surface area contributed by atoms with Crippen LogP contribution in [0.3, 0.4) is 0 Å². The number of aryl methyl sites for hydroxylation is 2. The number of hydrogen-bond donors (Lipinski definition) is 1. The molecule has 1 aliphatic carbocycles. The first-order valence-electron chi connectivity index (χ1n) is 6.47. The number of aliphatic hydroxyl groups excluding tert-OH is 1. The first-order valence-corrected chi connectivity index (χ1v) is 6.47. The van der Waals surface area contributed by atoms with E-state index in [1.54, 1.807) is 0 Å². The summed E-state index contributed by atoms with van der Waals surface area (Å²) in [7, 11) is 0. The van der Waals surface area contributed by atoms with Crippen LogP contribution in [0.5, 0.6) is 5.75 Å². The van der Waals surface area contributed by atoms with Gasteiger partial charge >= 0.3 is 0 Å². The van der Waals surface area contributed by atoms with Gasteiger partial charge in [0.05, 0.1) is 12.7 Å². The van der Waals surface area contributed by atoms with Crippen LogP contribution in [0, 0.1) is 19.8 Å². The van der Waals surface area contributed by atoms with Gasteiger partial charge in [-0.25, -0.2) is 0 Å². The van der Waals surface area contributed by atoms with Gasteiger partial charge in [0.2, 0.25) is 0 Å². The Labute approximate surface area is 104 Å². The van der Waals surface area contributed by atoms with Gasteiger partial charge in [-0.3, -0.25) is 0 Å². The van der Waals surface area contributed by atoms with E-state index in [1.807, 2.05) is 6.92 Å². The van der Waals surface area contributed by atoms with Gasteiger partial charge in [-0.1, -0.05) is 17.7 Å². The first-order chi connectivity index (χ1) is 8.06. The summed E-state index contributed by atoms with van der Waals surface area (Å²) < 4.78 is 5.94. The maximum absolute atomic E-state index is 9.55. The van der Waals surface area contributed by atoms with Gasteiger partial charge in [0.25, 0.3) is 0 Å². The molecule has 0 saturated heterocycles. The summed E-state index contributed by atoms with van der Waals surface area (Å²) in [5.41, 5.74) is 3.55. The molecule has 0 heterocycles. The van der Waals surface area contributed by atoms with Crippen molar-refractivity contribution in [3.63, 3.8) is 0 Å². The van der Waals surface area contributed by atoms with Crippen LogP contribution >= 0.6 is 0 Å². The van der Waals surface area contributed by atoms with E-state index in [1.165, 1.54) is 24.0 Å². The highest BCUT2D eigenvalue weighted by Crippen LogP contribution is 2.32. The van der Waals surface area contributed by atoms with Gasteiger partial charge in [-0.2, -0.15) is 0 Å². The molecule has 1 aliphatic rings. The number of rotatable bonds is 5. The maximum atomic E-state index is 9.55. The van der Waals surface area contributed by atoms with Gasteiger partial charge in [0.15, 0.2) is 0 Å². The summed E-state index contributed by atoms with van der Waals surface area (Å²) in [5, 5.41) is 9.55. The fraction of sp³-hybridized carbons (Fsp3) is 0.600. The predicted octanol–water partition coefficient (Wildman–Crippen LogP) is 3.02. The molecule has 1 fully saturated rings.